The molecule has 1 N–H and O–H groups in total. The van der Waals surface area contributed by atoms with Crippen LogP contribution in [0.2, 0.25) is 5.15 Å². The first-order valence-corrected chi connectivity index (χ1v) is 5.89. The number of hydrogen-bond donors (Lipinski definition) is 1. The SMILES string of the molecule is CCn1nc(Cl)c2c(C(C)NC)cccc21. The first kappa shape index (κ1) is 11.4. The summed E-state index contributed by atoms with van der Waals surface area (Å²) in [4.78, 5) is 0. The minimum atomic E-state index is 0.274. The zero-order chi connectivity index (χ0) is 11.7. The van der Waals surface area contributed by atoms with E-state index in [4.69, 9.17) is 11.6 Å². The summed E-state index contributed by atoms with van der Waals surface area (Å²) < 4.78 is 1.93. The van der Waals surface area contributed by atoms with Crippen LogP contribution in [0.15, 0.2) is 18.2 Å². The van der Waals surface area contributed by atoms with Crippen LogP contribution in [0.1, 0.15) is 25.5 Å². The van der Waals surface area contributed by atoms with E-state index in [1.807, 2.05) is 11.7 Å². The van der Waals surface area contributed by atoms with E-state index in [9.17, 15) is 0 Å². The molecule has 1 aromatic carbocycles. The molecule has 0 amide bonds. The van der Waals surface area contributed by atoms with E-state index in [2.05, 4.69) is 42.5 Å². The summed E-state index contributed by atoms with van der Waals surface area (Å²) in [5, 5.41) is 9.23. The van der Waals surface area contributed by atoms with Crippen molar-refractivity contribution < 1.29 is 0 Å². The van der Waals surface area contributed by atoms with E-state index in [0.717, 1.165) is 17.4 Å². The second kappa shape index (κ2) is 4.44. The average Bonchev–Trinajstić information content (AvgIpc) is 2.65. The van der Waals surface area contributed by atoms with Crippen molar-refractivity contribution in [1.82, 2.24) is 15.1 Å². The van der Waals surface area contributed by atoms with Crippen molar-refractivity contribution in [2.45, 2.75) is 26.4 Å². The number of aromatic nitrogens is 2. The average molecular weight is 238 g/mol. The zero-order valence-corrected chi connectivity index (χ0v) is 10.5. The van der Waals surface area contributed by atoms with Gasteiger partial charge in [0.05, 0.1) is 5.52 Å². The monoisotopic (exact) mass is 237 g/mol. The first-order chi connectivity index (χ1) is 7.69. The van der Waals surface area contributed by atoms with Crippen LogP contribution in [-0.2, 0) is 6.54 Å². The van der Waals surface area contributed by atoms with Crippen molar-refractivity contribution in [3.8, 4) is 0 Å². The minimum Gasteiger partial charge on any atom is -0.313 e. The van der Waals surface area contributed by atoms with Gasteiger partial charge in [0.15, 0.2) is 5.15 Å². The van der Waals surface area contributed by atoms with Crippen molar-refractivity contribution >= 4 is 22.5 Å². The number of aryl methyl sites for hydroxylation is 1. The maximum atomic E-state index is 6.20. The molecule has 0 aliphatic heterocycles. The van der Waals surface area contributed by atoms with Gasteiger partial charge in [0.2, 0.25) is 0 Å². The second-order valence-electron chi connectivity index (χ2n) is 3.86. The molecule has 0 aliphatic rings. The summed E-state index contributed by atoms with van der Waals surface area (Å²) >= 11 is 6.20. The predicted molar refractivity (Wildman–Crippen MR) is 67.9 cm³/mol. The maximum Gasteiger partial charge on any atom is 0.159 e. The molecule has 1 unspecified atom stereocenters. The molecule has 1 atom stereocenters. The van der Waals surface area contributed by atoms with Gasteiger partial charge < -0.3 is 5.32 Å². The van der Waals surface area contributed by atoms with Crippen LogP contribution >= 0.6 is 11.6 Å². The highest BCUT2D eigenvalue weighted by Crippen LogP contribution is 2.30. The van der Waals surface area contributed by atoms with Gasteiger partial charge in [-0.15, -0.1) is 0 Å². The Labute approximate surface area is 100 Å². The third-order valence-corrected chi connectivity index (χ3v) is 3.23. The Morgan fingerprint density at radius 2 is 2.25 bits per heavy atom. The van der Waals surface area contributed by atoms with Crippen LogP contribution < -0.4 is 5.32 Å². The Morgan fingerprint density at radius 3 is 2.88 bits per heavy atom. The lowest BCUT2D eigenvalue weighted by molar-refractivity contribution is 0.657. The Kier molecular flexibility index (Phi) is 3.17. The summed E-state index contributed by atoms with van der Waals surface area (Å²) in [6, 6.07) is 6.48. The smallest absolute Gasteiger partial charge is 0.159 e. The van der Waals surface area contributed by atoms with Gasteiger partial charge in [-0.3, -0.25) is 4.68 Å². The predicted octanol–water partition coefficient (Wildman–Crippen LogP) is 2.99. The highest BCUT2D eigenvalue weighted by atomic mass is 35.5. The molecule has 1 aromatic heterocycles. The van der Waals surface area contributed by atoms with Crippen molar-refractivity contribution in [2.24, 2.45) is 0 Å². The number of nitrogens with zero attached hydrogens (tertiary/aromatic N) is 2. The number of fused-ring (bicyclic) bond motifs is 1. The molecule has 0 aliphatic carbocycles. The van der Waals surface area contributed by atoms with Gasteiger partial charge in [0.25, 0.3) is 0 Å². The Balaban J connectivity index is 2.72. The van der Waals surface area contributed by atoms with Crippen molar-refractivity contribution in [3.63, 3.8) is 0 Å². The van der Waals surface area contributed by atoms with Crippen LogP contribution in [0, 0.1) is 0 Å². The summed E-state index contributed by atoms with van der Waals surface area (Å²) in [6.45, 7) is 5.02. The lowest BCUT2D eigenvalue weighted by Crippen LogP contribution is -2.12. The van der Waals surface area contributed by atoms with Crippen LogP contribution in [0.25, 0.3) is 10.9 Å². The Hall–Kier alpha value is -1.06. The van der Waals surface area contributed by atoms with Crippen LogP contribution in [0.5, 0.6) is 0 Å². The molecule has 2 aromatic rings. The van der Waals surface area contributed by atoms with Gasteiger partial charge >= 0.3 is 0 Å². The molecule has 0 saturated carbocycles. The molecule has 3 nitrogen and oxygen atoms in total. The summed E-state index contributed by atoms with van der Waals surface area (Å²) in [7, 11) is 1.95. The van der Waals surface area contributed by atoms with Gasteiger partial charge in [-0.2, -0.15) is 5.10 Å². The summed E-state index contributed by atoms with van der Waals surface area (Å²) in [5.74, 6) is 0. The van der Waals surface area contributed by atoms with Gasteiger partial charge in [-0.1, -0.05) is 23.7 Å². The molecule has 2 rings (SSSR count). The van der Waals surface area contributed by atoms with Gasteiger partial charge in [-0.05, 0) is 32.5 Å². The van der Waals surface area contributed by atoms with Gasteiger partial charge in [0, 0.05) is 18.0 Å². The Morgan fingerprint density at radius 1 is 1.50 bits per heavy atom. The molecule has 0 spiro atoms. The largest absolute Gasteiger partial charge is 0.313 e. The molecule has 0 fully saturated rings. The fourth-order valence-corrected chi connectivity index (χ4v) is 2.26. The van der Waals surface area contributed by atoms with Crippen molar-refractivity contribution in [3.05, 3.63) is 28.9 Å². The van der Waals surface area contributed by atoms with Crippen LogP contribution in [0.4, 0.5) is 0 Å². The standard InChI is InChI=1S/C12H16ClN3/c1-4-16-10-7-5-6-9(8(2)14-3)11(10)12(13)15-16/h5-8,14H,4H2,1-3H3. The van der Waals surface area contributed by atoms with Gasteiger partial charge in [0.1, 0.15) is 0 Å². The van der Waals surface area contributed by atoms with Crippen LogP contribution in [0.3, 0.4) is 0 Å². The summed E-state index contributed by atoms with van der Waals surface area (Å²) in [6.07, 6.45) is 0. The molecule has 16 heavy (non-hydrogen) atoms. The normalized spacial score (nSPS) is 13.2. The Bertz CT molecular complexity index is 504. The number of hydrogen-bond acceptors (Lipinski definition) is 2. The van der Waals surface area contributed by atoms with E-state index >= 15 is 0 Å². The molecule has 0 radical (unpaired) electrons. The fourth-order valence-electron chi connectivity index (χ4n) is 1.96. The first-order valence-electron chi connectivity index (χ1n) is 5.51. The zero-order valence-electron chi connectivity index (χ0n) is 9.79. The van der Waals surface area contributed by atoms with Crippen molar-refractivity contribution in [1.29, 1.82) is 0 Å². The minimum absolute atomic E-state index is 0.274. The highest BCUT2D eigenvalue weighted by Gasteiger charge is 2.14. The van der Waals surface area contributed by atoms with Gasteiger partial charge in [-0.25, -0.2) is 0 Å². The third-order valence-electron chi connectivity index (χ3n) is 2.97. The molecule has 86 valence electrons. The number of benzene rings is 1. The number of halogens is 1. The van der Waals surface area contributed by atoms with E-state index in [1.54, 1.807) is 0 Å². The molecular weight excluding hydrogens is 222 g/mol. The van der Waals surface area contributed by atoms with Crippen LogP contribution in [-0.4, -0.2) is 16.8 Å². The maximum absolute atomic E-state index is 6.20. The quantitative estimate of drug-likeness (QED) is 0.890. The third kappa shape index (κ3) is 1.70. The molecule has 4 heteroatoms. The van der Waals surface area contributed by atoms with Crippen molar-refractivity contribution in [2.75, 3.05) is 7.05 Å². The second-order valence-corrected chi connectivity index (χ2v) is 4.22. The number of rotatable bonds is 3. The topological polar surface area (TPSA) is 29.9 Å². The molecular formula is C12H16ClN3. The van der Waals surface area contributed by atoms with E-state index in [0.29, 0.717) is 5.15 Å². The molecule has 0 bridgehead atoms. The molecule has 0 saturated heterocycles. The van der Waals surface area contributed by atoms with E-state index < -0.39 is 0 Å². The fraction of sp³-hybridized carbons (Fsp3) is 0.417. The number of nitrogens with one attached hydrogen (secondary N) is 1. The van der Waals surface area contributed by atoms with E-state index in [-0.39, 0.29) is 6.04 Å². The summed E-state index contributed by atoms with van der Waals surface area (Å²) in [5.41, 5.74) is 2.30. The van der Waals surface area contributed by atoms with E-state index in [1.165, 1.54) is 5.56 Å². The molecule has 1 heterocycles. The lowest BCUT2D eigenvalue weighted by Gasteiger charge is -2.11. The lowest BCUT2D eigenvalue weighted by atomic mass is 10.0. The highest BCUT2D eigenvalue weighted by molar-refractivity contribution is 6.34.